The summed E-state index contributed by atoms with van der Waals surface area (Å²) in [5.41, 5.74) is 1.08. The molecule has 1 heterocycles. The molecule has 2 N–H and O–H groups in total. The van der Waals surface area contributed by atoms with Crippen molar-refractivity contribution in [3.8, 4) is 0 Å². The summed E-state index contributed by atoms with van der Waals surface area (Å²) in [5, 5.41) is 6.84. The molecule has 0 saturated carbocycles. The van der Waals surface area contributed by atoms with Gasteiger partial charge in [0.15, 0.2) is 5.96 Å². The summed E-state index contributed by atoms with van der Waals surface area (Å²) in [6.45, 7) is 2.63. The van der Waals surface area contributed by atoms with Gasteiger partial charge in [-0.2, -0.15) is 0 Å². The molecule has 0 fully saturated rings. The Morgan fingerprint density at radius 2 is 2.13 bits per heavy atom. The average molecular weight is 475 g/mol. The number of aromatic nitrogens is 1. The fourth-order valence-electron chi connectivity index (χ4n) is 1.77. The van der Waals surface area contributed by atoms with Gasteiger partial charge in [0.25, 0.3) is 0 Å². The summed E-state index contributed by atoms with van der Waals surface area (Å²) in [4.78, 5) is 8.15. The van der Waals surface area contributed by atoms with Crippen molar-refractivity contribution in [3.63, 3.8) is 0 Å². The first kappa shape index (κ1) is 22.4. The number of nitrogens with one attached hydrogen (secondary N) is 2. The summed E-state index contributed by atoms with van der Waals surface area (Å²) in [5.74, 6) is 0.817. The van der Waals surface area contributed by atoms with Gasteiger partial charge >= 0.3 is 0 Å². The molecular formula is C14H24ClIN4O2S. The number of guanidine groups is 1. The molecular weight excluding hydrogens is 451 g/mol. The van der Waals surface area contributed by atoms with Crippen molar-refractivity contribution in [2.75, 3.05) is 25.6 Å². The van der Waals surface area contributed by atoms with E-state index in [1.54, 1.807) is 19.3 Å². The van der Waals surface area contributed by atoms with E-state index in [4.69, 9.17) is 11.6 Å². The van der Waals surface area contributed by atoms with Crippen molar-refractivity contribution in [2.24, 2.45) is 4.99 Å². The molecule has 132 valence electrons. The second-order valence-corrected chi connectivity index (χ2v) is 7.85. The smallest absolute Gasteiger partial charge is 0.191 e. The first-order valence-electron chi connectivity index (χ1n) is 7.05. The highest BCUT2D eigenvalue weighted by molar-refractivity contribution is 14.0. The van der Waals surface area contributed by atoms with E-state index < -0.39 is 9.84 Å². The Balaban J connectivity index is 0.00000484. The number of pyridine rings is 1. The molecule has 0 aliphatic carbocycles. The fourth-order valence-corrected chi connectivity index (χ4v) is 2.66. The third-order valence-electron chi connectivity index (χ3n) is 3.02. The van der Waals surface area contributed by atoms with Crippen LogP contribution in [0.3, 0.4) is 0 Å². The van der Waals surface area contributed by atoms with Crippen molar-refractivity contribution in [1.82, 2.24) is 15.6 Å². The largest absolute Gasteiger partial charge is 0.356 e. The molecule has 9 heteroatoms. The molecule has 1 rings (SSSR count). The van der Waals surface area contributed by atoms with Crippen LogP contribution in [0.25, 0.3) is 0 Å². The van der Waals surface area contributed by atoms with E-state index in [-0.39, 0.29) is 35.8 Å². The molecule has 1 aromatic heterocycles. The van der Waals surface area contributed by atoms with E-state index in [1.165, 1.54) is 6.26 Å². The summed E-state index contributed by atoms with van der Waals surface area (Å²) < 4.78 is 22.3. The number of halogens is 2. The molecule has 0 aliphatic rings. The summed E-state index contributed by atoms with van der Waals surface area (Å²) in [6.07, 6.45) is 4.32. The van der Waals surface area contributed by atoms with Gasteiger partial charge in [0.1, 0.15) is 15.0 Å². The molecule has 1 aromatic rings. The van der Waals surface area contributed by atoms with Crippen molar-refractivity contribution in [2.45, 2.75) is 25.8 Å². The highest BCUT2D eigenvalue weighted by Gasteiger charge is 2.09. The first-order chi connectivity index (χ1) is 10.3. The van der Waals surface area contributed by atoms with Gasteiger partial charge in [0.2, 0.25) is 0 Å². The van der Waals surface area contributed by atoms with Crippen LogP contribution in [0.15, 0.2) is 23.3 Å². The van der Waals surface area contributed by atoms with Crippen LogP contribution in [-0.2, 0) is 16.3 Å². The molecule has 0 amide bonds. The van der Waals surface area contributed by atoms with E-state index in [0.29, 0.717) is 24.1 Å². The summed E-state index contributed by atoms with van der Waals surface area (Å²) >= 11 is 5.74. The van der Waals surface area contributed by atoms with Crippen molar-refractivity contribution in [3.05, 3.63) is 29.0 Å². The molecule has 0 bridgehead atoms. The Morgan fingerprint density at radius 3 is 2.65 bits per heavy atom. The number of rotatable bonds is 7. The van der Waals surface area contributed by atoms with Gasteiger partial charge in [-0.05, 0) is 31.4 Å². The van der Waals surface area contributed by atoms with Gasteiger partial charge in [-0.3, -0.25) is 4.99 Å². The zero-order valence-corrected chi connectivity index (χ0v) is 17.4. The third-order valence-corrected chi connectivity index (χ3v) is 4.22. The molecule has 1 unspecified atom stereocenters. The van der Waals surface area contributed by atoms with Crippen LogP contribution in [0, 0.1) is 0 Å². The highest BCUT2D eigenvalue weighted by atomic mass is 127. The topological polar surface area (TPSA) is 83.4 Å². The van der Waals surface area contributed by atoms with Gasteiger partial charge in [-0.15, -0.1) is 24.0 Å². The van der Waals surface area contributed by atoms with Crippen molar-refractivity contribution in [1.29, 1.82) is 0 Å². The van der Waals surface area contributed by atoms with Crippen LogP contribution < -0.4 is 10.6 Å². The average Bonchev–Trinajstić information content (AvgIpc) is 2.45. The van der Waals surface area contributed by atoms with E-state index >= 15 is 0 Å². The molecule has 0 aromatic carbocycles. The number of hydrogen-bond acceptors (Lipinski definition) is 4. The SMILES string of the molecule is CN=C(NCCc1ccc(Cl)nc1)NC(C)CCS(C)(=O)=O.I. The number of nitrogens with zero attached hydrogens (tertiary/aromatic N) is 2. The van der Waals surface area contributed by atoms with Gasteiger partial charge in [-0.1, -0.05) is 17.7 Å². The minimum atomic E-state index is -2.94. The fraction of sp³-hybridized carbons (Fsp3) is 0.571. The number of aliphatic imine (C=N–C) groups is 1. The lowest BCUT2D eigenvalue weighted by atomic mass is 10.2. The predicted molar refractivity (Wildman–Crippen MR) is 107 cm³/mol. The highest BCUT2D eigenvalue weighted by Crippen LogP contribution is 2.05. The van der Waals surface area contributed by atoms with Gasteiger partial charge < -0.3 is 10.6 Å². The van der Waals surface area contributed by atoms with E-state index in [2.05, 4.69) is 20.6 Å². The number of sulfone groups is 1. The predicted octanol–water partition coefficient (Wildman–Crippen LogP) is 1.88. The maximum absolute atomic E-state index is 11.2. The van der Waals surface area contributed by atoms with Gasteiger partial charge in [-0.25, -0.2) is 13.4 Å². The van der Waals surface area contributed by atoms with Crippen LogP contribution in [0.4, 0.5) is 0 Å². The minimum Gasteiger partial charge on any atom is -0.356 e. The Bertz CT molecular complexity index is 593. The monoisotopic (exact) mass is 474 g/mol. The second kappa shape index (κ2) is 11.0. The van der Waals surface area contributed by atoms with Gasteiger partial charge in [0, 0.05) is 32.1 Å². The molecule has 0 saturated heterocycles. The molecule has 1 atom stereocenters. The summed E-state index contributed by atoms with van der Waals surface area (Å²) in [6, 6.07) is 3.72. The van der Waals surface area contributed by atoms with Crippen LogP contribution in [0.1, 0.15) is 18.9 Å². The van der Waals surface area contributed by atoms with Crippen LogP contribution >= 0.6 is 35.6 Å². The van der Waals surface area contributed by atoms with Crippen LogP contribution in [-0.4, -0.2) is 51.0 Å². The van der Waals surface area contributed by atoms with E-state index in [0.717, 1.165) is 12.0 Å². The molecule has 23 heavy (non-hydrogen) atoms. The lowest BCUT2D eigenvalue weighted by Gasteiger charge is -2.17. The number of hydrogen-bond donors (Lipinski definition) is 2. The lowest BCUT2D eigenvalue weighted by Crippen LogP contribution is -2.43. The normalized spacial score (nSPS) is 13.1. The Morgan fingerprint density at radius 1 is 1.43 bits per heavy atom. The second-order valence-electron chi connectivity index (χ2n) is 5.20. The third kappa shape index (κ3) is 10.7. The maximum Gasteiger partial charge on any atom is 0.191 e. The first-order valence-corrected chi connectivity index (χ1v) is 9.49. The quantitative estimate of drug-likeness (QED) is 0.273. The standard InChI is InChI=1S/C14H23ClN4O2S.HI/c1-11(7-9-22(3,20)21)19-14(16-2)17-8-6-12-4-5-13(15)18-10-12;/h4-5,10-11H,6-9H2,1-3H3,(H2,16,17,19);1H. The molecule has 0 radical (unpaired) electrons. The zero-order valence-electron chi connectivity index (χ0n) is 13.5. The lowest BCUT2D eigenvalue weighted by molar-refractivity contribution is 0.581. The zero-order chi connectivity index (χ0) is 16.6. The molecule has 6 nitrogen and oxygen atoms in total. The summed E-state index contributed by atoms with van der Waals surface area (Å²) in [7, 11) is -1.25. The van der Waals surface area contributed by atoms with Crippen molar-refractivity contribution >= 4 is 51.4 Å². The Labute approximate surface area is 160 Å². The minimum absolute atomic E-state index is 0. The Kier molecular flexibility index (Phi) is 10.7. The van der Waals surface area contributed by atoms with Crippen LogP contribution in [0.5, 0.6) is 0 Å². The van der Waals surface area contributed by atoms with Crippen LogP contribution in [0.2, 0.25) is 5.15 Å². The van der Waals surface area contributed by atoms with E-state index in [9.17, 15) is 8.42 Å². The van der Waals surface area contributed by atoms with Crippen molar-refractivity contribution < 1.29 is 8.42 Å². The maximum atomic E-state index is 11.2. The Hall–Kier alpha value is -0.610. The van der Waals surface area contributed by atoms with Gasteiger partial charge in [0.05, 0.1) is 5.75 Å². The molecule has 0 aliphatic heterocycles. The molecule has 0 spiro atoms. The van der Waals surface area contributed by atoms with E-state index in [1.807, 2.05) is 13.0 Å².